The smallest absolute Gasteiger partial charge is 0.196 e. The van der Waals surface area contributed by atoms with Crippen molar-refractivity contribution in [2.24, 2.45) is 0 Å². The Hall–Kier alpha value is -2.43. The van der Waals surface area contributed by atoms with Crippen molar-refractivity contribution in [2.75, 3.05) is 18.0 Å². The third-order valence-corrected chi connectivity index (χ3v) is 3.76. The van der Waals surface area contributed by atoms with Crippen LogP contribution in [0.25, 0.3) is 22.1 Å². The van der Waals surface area contributed by atoms with Crippen molar-refractivity contribution in [3.8, 4) is 0 Å². The van der Waals surface area contributed by atoms with Gasteiger partial charge >= 0.3 is 0 Å². The highest BCUT2D eigenvalue weighted by Crippen LogP contribution is 2.32. The largest absolute Gasteiger partial charge is 0.450 e. The number of piperidine rings is 1. The number of benzene rings is 1. The second-order valence-corrected chi connectivity index (χ2v) is 5.00. The molecule has 3 aromatic rings. The van der Waals surface area contributed by atoms with Crippen LogP contribution in [-0.2, 0) is 4.79 Å². The summed E-state index contributed by atoms with van der Waals surface area (Å²) < 4.78 is 5.91. The van der Waals surface area contributed by atoms with Crippen molar-refractivity contribution < 1.29 is 9.21 Å². The molecule has 0 amide bonds. The first kappa shape index (κ1) is 11.4. The standard InChI is InChI=1S/C15H13N3O2/c19-10-5-7-18(8-6-10)15-14-13(16-9-17-15)11-3-1-2-4-12(11)20-14/h1-4,9H,5-8H2. The number of fused-ring (bicyclic) bond motifs is 3. The van der Waals surface area contributed by atoms with Crippen LogP contribution in [0.1, 0.15) is 12.8 Å². The van der Waals surface area contributed by atoms with Crippen LogP contribution in [0.5, 0.6) is 0 Å². The molecule has 1 saturated heterocycles. The number of carbonyl (C=O) groups is 1. The molecule has 4 rings (SSSR count). The summed E-state index contributed by atoms with van der Waals surface area (Å²) in [5, 5.41) is 0.999. The molecular weight excluding hydrogens is 254 g/mol. The molecule has 0 radical (unpaired) electrons. The molecule has 0 N–H and O–H groups in total. The van der Waals surface area contributed by atoms with E-state index in [9.17, 15) is 4.79 Å². The normalized spacial score (nSPS) is 16.2. The zero-order valence-electron chi connectivity index (χ0n) is 10.9. The molecule has 1 aliphatic rings. The lowest BCUT2D eigenvalue weighted by Gasteiger charge is -2.26. The van der Waals surface area contributed by atoms with E-state index in [1.54, 1.807) is 6.33 Å². The molecule has 5 heteroatoms. The molecule has 0 aliphatic carbocycles. The molecule has 0 unspecified atom stereocenters. The molecule has 3 heterocycles. The maximum absolute atomic E-state index is 11.4. The molecule has 2 aromatic heterocycles. The molecule has 20 heavy (non-hydrogen) atoms. The quantitative estimate of drug-likeness (QED) is 0.678. The third kappa shape index (κ3) is 1.66. The van der Waals surface area contributed by atoms with Crippen LogP contribution in [-0.4, -0.2) is 28.8 Å². The van der Waals surface area contributed by atoms with Crippen LogP contribution < -0.4 is 4.90 Å². The number of nitrogens with zero attached hydrogens (tertiary/aromatic N) is 3. The number of carbonyl (C=O) groups excluding carboxylic acids is 1. The number of rotatable bonds is 1. The van der Waals surface area contributed by atoms with E-state index in [1.807, 2.05) is 24.3 Å². The monoisotopic (exact) mass is 267 g/mol. The number of hydrogen-bond donors (Lipinski definition) is 0. The Morgan fingerprint density at radius 3 is 2.75 bits per heavy atom. The van der Waals surface area contributed by atoms with Crippen molar-refractivity contribution in [3.05, 3.63) is 30.6 Å². The van der Waals surface area contributed by atoms with Crippen LogP contribution in [0.2, 0.25) is 0 Å². The highest BCUT2D eigenvalue weighted by atomic mass is 16.3. The lowest BCUT2D eigenvalue weighted by Crippen LogP contribution is -2.34. The van der Waals surface area contributed by atoms with Gasteiger partial charge in [-0.2, -0.15) is 0 Å². The van der Waals surface area contributed by atoms with Gasteiger partial charge in [-0.1, -0.05) is 12.1 Å². The van der Waals surface area contributed by atoms with E-state index >= 15 is 0 Å². The zero-order chi connectivity index (χ0) is 13.5. The average molecular weight is 267 g/mol. The van der Waals surface area contributed by atoms with Crippen LogP contribution in [0, 0.1) is 0 Å². The summed E-state index contributed by atoms with van der Waals surface area (Å²) in [6.45, 7) is 1.39. The summed E-state index contributed by atoms with van der Waals surface area (Å²) in [4.78, 5) is 22.2. The maximum atomic E-state index is 11.4. The SMILES string of the molecule is O=C1CCN(c2ncnc3c2oc2ccccc23)CC1. The van der Waals surface area contributed by atoms with Crippen molar-refractivity contribution in [1.82, 2.24) is 9.97 Å². The van der Waals surface area contributed by atoms with E-state index in [1.165, 1.54) is 0 Å². The number of aromatic nitrogens is 2. The van der Waals surface area contributed by atoms with E-state index in [0.29, 0.717) is 37.3 Å². The Labute approximate surface area is 115 Å². The Bertz CT molecular complexity index is 799. The van der Waals surface area contributed by atoms with Crippen LogP contribution in [0.4, 0.5) is 5.82 Å². The van der Waals surface area contributed by atoms with Crippen molar-refractivity contribution in [3.63, 3.8) is 0 Å². The molecule has 0 spiro atoms. The van der Waals surface area contributed by atoms with Crippen LogP contribution in [0.3, 0.4) is 0 Å². The lowest BCUT2D eigenvalue weighted by atomic mass is 10.1. The molecule has 1 fully saturated rings. The number of hydrogen-bond acceptors (Lipinski definition) is 5. The zero-order valence-corrected chi connectivity index (χ0v) is 10.9. The van der Waals surface area contributed by atoms with Crippen LogP contribution in [0.15, 0.2) is 35.0 Å². The number of furan rings is 1. The minimum atomic E-state index is 0.316. The summed E-state index contributed by atoms with van der Waals surface area (Å²) in [5.74, 6) is 1.11. The third-order valence-electron chi connectivity index (χ3n) is 3.76. The van der Waals surface area contributed by atoms with E-state index in [0.717, 1.165) is 22.3 Å². The van der Waals surface area contributed by atoms with Gasteiger partial charge in [0.25, 0.3) is 0 Å². The molecule has 0 saturated carbocycles. The van der Waals surface area contributed by atoms with Crippen molar-refractivity contribution in [1.29, 1.82) is 0 Å². The topological polar surface area (TPSA) is 59.2 Å². The summed E-state index contributed by atoms with van der Waals surface area (Å²) in [7, 11) is 0. The van der Waals surface area contributed by atoms with E-state index < -0.39 is 0 Å². The summed E-state index contributed by atoms with van der Waals surface area (Å²) in [6, 6.07) is 7.84. The number of para-hydroxylation sites is 1. The summed E-state index contributed by atoms with van der Waals surface area (Å²) >= 11 is 0. The first-order valence-corrected chi connectivity index (χ1v) is 6.72. The minimum Gasteiger partial charge on any atom is -0.450 e. The van der Waals surface area contributed by atoms with E-state index in [4.69, 9.17) is 4.42 Å². The van der Waals surface area contributed by atoms with Gasteiger partial charge in [0.05, 0.1) is 0 Å². The number of ketones is 1. The Morgan fingerprint density at radius 1 is 1.10 bits per heavy atom. The van der Waals surface area contributed by atoms with Gasteiger partial charge in [0, 0.05) is 31.3 Å². The molecular formula is C15H13N3O2. The van der Waals surface area contributed by atoms with Crippen LogP contribution >= 0.6 is 0 Å². The predicted octanol–water partition coefficient (Wildman–Crippen LogP) is 2.55. The highest BCUT2D eigenvalue weighted by molar-refractivity contribution is 6.05. The van der Waals surface area contributed by atoms with Gasteiger partial charge in [-0.15, -0.1) is 0 Å². The first-order chi connectivity index (χ1) is 9.83. The fourth-order valence-electron chi connectivity index (χ4n) is 2.70. The Kier molecular flexibility index (Phi) is 2.45. The van der Waals surface area contributed by atoms with Crippen molar-refractivity contribution >= 4 is 33.7 Å². The van der Waals surface area contributed by atoms with Gasteiger partial charge in [-0.05, 0) is 12.1 Å². The first-order valence-electron chi connectivity index (χ1n) is 6.72. The molecule has 0 atom stereocenters. The van der Waals surface area contributed by atoms with Gasteiger partial charge in [-0.3, -0.25) is 4.79 Å². The van der Waals surface area contributed by atoms with Gasteiger partial charge in [-0.25, -0.2) is 9.97 Å². The van der Waals surface area contributed by atoms with Gasteiger partial charge in [0.2, 0.25) is 0 Å². The van der Waals surface area contributed by atoms with E-state index in [2.05, 4.69) is 14.9 Å². The predicted molar refractivity (Wildman–Crippen MR) is 75.8 cm³/mol. The van der Waals surface area contributed by atoms with Gasteiger partial charge in [0.1, 0.15) is 23.2 Å². The average Bonchev–Trinajstić information content (AvgIpc) is 2.87. The maximum Gasteiger partial charge on any atom is 0.196 e. The van der Waals surface area contributed by atoms with E-state index in [-0.39, 0.29) is 0 Å². The Morgan fingerprint density at radius 2 is 1.90 bits per heavy atom. The summed E-state index contributed by atoms with van der Waals surface area (Å²) in [5.41, 5.74) is 2.36. The number of anilines is 1. The Balaban J connectivity index is 1.89. The fourth-order valence-corrected chi connectivity index (χ4v) is 2.70. The van der Waals surface area contributed by atoms with Gasteiger partial charge in [0.15, 0.2) is 11.4 Å². The molecule has 100 valence electrons. The second kappa shape index (κ2) is 4.30. The van der Waals surface area contributed by atoms with Gasteiger partial charge < -0.3 is 9.32 Å². The van der Waals surface area contributed by atoms with Crippen molar-refractivity contribution in [2.45, 2.75) is 12.8 Å². The lowest BCUT2D eigenvalue weighted by molar-refractivity contribution is -0.119. The molecule has 1 aromatic carbocycles. The molecule has 1 aliphatic heterocycles. The fraction of sp³-hybridized carbons (Fsp3) is 0.267. The molecule has 5 nitrogen and oxygen atoms in total. The minimum absolute atomic E-state index is 0.316. The summed E-state index contributed by atoms with van der Waals surface area (Å²) in [6.07, 6.45) is 2.72. The number of Topliss-reactive ketones (excluding diaryl/α,β-unsaturated/α-hetero) is 1. The second-order valence-electron chi connectivity index (χ2n) is 5.00. The highest BCUT2D eigenvalue weighted by Gasteiger charge is 2.22. The molecule has 0 bridgehead atoms.